The van der Waals surface area contributed by atoms with Crippen LogP contribution in [0.4, 0.5) is 11.4 Å². The number of carbonyl (C=O) groups is 1. The van der Waals surface area contributed by atoms with Crippen molar-refractivity contribution in [3.63, 3.8) is 0 Å². The van der Waals surface area contributed by atoms with Crippen LogP contribution in [0, 0.1) is 0 Å². The number of ether oxygens (including phenoxy) is 1. The first kappa shape index (κ1) is 13.7. The van der Waals surface area contributed by atoms with Gasteiger partial charge in [-0.05, 0) is 48.7 Å². The topological polar surface area (TPSA) is 64.3 Å². The van der Waals surface area contributed by atoms with Gasteiger partial charge in [0.1, 0.15) is 5.75 Å². The van der Waals surface area contributed by atoms with E-state index in [-0.39, 0.29) is 11.3 Å². The van der Waals surface area contributed by atoms with Gasteiger partial charge >= 0.3 is 0 Å². The molecule has 4 rings (SSSR count). The van der Waals surface area contributed by atoms with Crippen molar-refractivity contribution in [1.82, 2.24) is 0 Å². The van der Waals surface area contributed by atoms with Gasteiger partial charge in [-0.25, -0.2) is 0 Å². The number of anilines is 2. The van der Waals surface area contributed by atoms with Gasteiger partial charge in [0.05, 0.1) is 15.5 Å². The van der Waals surface area contributed by atoms with Crippen LogP contribution in [-0.4, -0.2) is 5.91 Å². The van der Waals surface area contributed by atoms with Crippen LogP contribution in [0.1, 0.15) is 18.4 Å². The molecule has 1 spiro atoms. The summed E-state index contributed by atoms with van der Waals surface area (Å²) in [6.07, 6.45) is 1.75. The number of carbonyl (C=O) groups excluding carboxylic acids is 1. The van der Waals surface area contributed by atoms with E-state index < -0.39 is 0 Å². The smallest absolute Gasteiger partial charge is 0.235 e. The molecule has 1 aliphatic heterocycles. The highest BCUT2D eigenvalue weighted by molar-refractivity contribution is 6.37. The first-order valence-corrected chi connectivity index (χ1v) is 7.63. The van der Waals surface area contributed by atoms with Crippen molar-refractivity contribution in [2.45, 2.75) is 18.3 Å². The van der Waals surface area contributed by atoms with Crippen molar-refractivity contribution in [2.24, 2.45) is 0 Å². The predicted octanol–water partition coefficient (Wildman–Crippen LogP) is 4.35. The molecule has 0 radical (unpaired) electrons. The van der Waals surface area contributed by atoms with Gasteiger partial charge in [-0.15, -0.1) is 0 Å². The molecule has 3 N–H and O–H groups in total. The molecule has 2 aromatic rings. The van der Waals surface area contributed by atoms with E-state index in [4.69, 9.17) is 33.7 Å². The first-order valence-electron chi connectivity index (χ1n) is 6.88. The third kappa shape index (κ3) is 1.95. The summed E-state index contributed by atoms with van der Waals surface area (Å²) >= 11 is 12.3. The average molecular weight is 335 g/mol. The molecule has 1 saturated carbocycles. The molecule has 2 aromatic carbocycles. The Bertz CT molecular complexity index is 793. The first-order chi connectivity index (χ1) is 10.5. The summed E-state index contributed by atoms with van der Waals surface area (Å²) in [6, 6.07) is 8.68. The van der Waals surface area contributed by atoms with Crippen LogP contribution >= 0.6 is 23.2 Å². The molecule has 1 heterocycles. The Kier molecular flexibility index (Phi) is 2.83. The molecule has 0 unspecified atom stereocenters. The standard InChI is InChI=1S/C16H12Cl2N2O2/c17-11-5-8(19)6-12(18)14(11)22-9-1-2-13-10(7-9)16(3-4-16)15(21)20-13/h1-2,5-7H,3-4,19H2,(H,20,21). The average Bonchev–Trinajstić information content (AvgIpc) is 3.20. The predicted molar refractivity (Wildman–Crippen MR) is 86.9 cm³/mol. The van der Waals surface area contributed by atoms with Crippen LogP contribution in [0.2, 0.25) is 10.0 Å². The zero-order chi connectivity index (χ0) is 15.5. The number of rotatable bonds is 2. The zero-order valence-electron chi connectivity index (χ0n) is 11.5. The minimum atomic E-state index is -0.358. The van der Waals surface area contributed by atoms with Crippen LogP contribution in [0.25, 0.3) is 0 Å². The lowest BCUT2D eigenvalue weighted by molar-refractivity contribution is -0.117. The summed E-state index contributed by atoms with van der Waals surface area (Å²) in [5, 5.41) is 3.60. The number of nitrogens with one attached hydrogen (secondary N) is 1. The molecule has 22 heavy (non-hydrogen) atoms. The van der Waals surface area contributed by atoms with Gasteiger partial charge in [-0.2, -0.15) is 0 Å². The van der Waals surface area contributed by atoms with Crippen molar-refractivity contribution in [1.29, 1.82) is 0 Å². The summed E-state index contributed by atoms with van der Waals surface area (Å²) in [4.78, 5) is 12.0. The maximum atomic E-state index is 12.0. The van der Waals surface area contributed by atoms with E-state index >= 15 is 0 Å². The number of amides is 1. The minimum absolute atomic E-state index is 0.0724. The Labute approximate surface area is 137 Å². The number of fused-ring (bicyclic) bond motifs is 2. The van der Waals surface area contributed by atoms with Gasteiger partial charge in [0.25, 0.3) is 0 Å². The number of hydrogen-bond donors (Lipinski definition) is 2. The fraction of sp³-hybridized carbons (Fsp3) is 0.188. The zero-order valence-corrected chi connectivity index (χ0v) is 13.0. The van der Waals surface area contributed by atoms with Crippen molar-refractivity contribution in [3.8, 4) is 11.5 Å². The SMILES string of the molecule is Nc1cc(Cl)c(Oc2ccc3c(c2)C2(CC2)C(=O)N3)c(Cl)c1. The molecule has 6 heteroatoms. The highest BCUT2D eigenvalue weighted by Crippen LogP contribution is 2.56. The van der Waals surface area contributed by atoms with Crippen LogP contribution in [-0.2, 0) is 10.2 Å². The van der Waals surface area contributed by atoms with Gasteiger partial charge in [0, 0.05) is 11.4 Å². The van der Waals surface area contributed by atoms with Crippen molar-refractivity contribution < 1.29 is 9.53 Å². The van der Waals surface area contributed by atoms with E-state index in [0.29, 0.717) is 27.2 Å². The fourth-order valence-electron chi connectivity index (χ4n) is 2.87. The van der Waals surface area contributed by atoms with E-state index in [2.05, 4.69) is 5.32 Å². The lowest BCUT2D eigenvalue weighted by Gasteiger charge is -2.12. The lowest BCUT2D eigenvalue weighted by Crippen LogP contribution is -2.18. The summed E-state index contributed by atoms with van der Waals surface area (Å²) in [7, 11) is 0. The van der Waals surface area contributed by atoms with E-state index in [1.807, 2.05) is 12.1 Å². The van der Waals surface area contributed by atoms with Crippen LogP contribution in [0.15, 0.2) is 30.3 Å². The second kappa shape index (κ2) is 4.54. The van der Waals surface area contributed by atoms with Gasteiger partial charge in [-0.3, -0.25) is 4.79 Å². The van der Waals surface area contributed by atoms with Crippen molar-refractivity contribution in [2.75, 3.05) is 11.1 Å². The summed E-state index contributed by atoms with van der Waals surface area (Å²) < 4.78 is 5.82. The Morgan fingerprint density at radius 1 is 1.14 bits per heavy atom. The number of nitrogen functional groups attached to an aromatic ring is 1. The van der Waals surface area contributed by atoms with E-state index in [9.17, 15) is 4.79 Å². The molecular formula is C16H12Cl2N2O2. The van der Waals surface area contributed by atoms with Gasteiger partial charge in [0.15, 0.2) is 5.75 Å². The highest BCUT2D eigenvalue weighted by Gasteiger charge is 2.56. The molecule has 4 nitrogen and oxygen atoms in total. The number of nitrogens with two attached hydrogens (primary N) is 1. The van der Waals surface area contributed by atoms with Crippen LogP contribution < -0.4 is 15.8 Å². The van der Waals surface area contributed by atoms with Crippen LogP contribution in [0.5, 0.6) is 11.5 Å². The van der Waals surface area contributed by atoms with Gasteiger partial charge < -0.3 is 15.8 Å². The maximum absolute atomic E-state index is 12.0. The molecule has 112 valence electrons. The monoisotopic (exact) mass is 334 g/mol. The number of hydrogen-bond acceptors (Lipinski definition) is 3. The molecule has 0 bridgehead atoms. The largest absolute Gasteiger partial charge is 0.454 e. The quantitative estimate of drug-likeness (QED) is 0.802. The summed E-state index contributed by atoms with van der Waals surface area (Å²) in [6.45, 7) is 0. The second-order valence-electron chi connectivity index (χ2n) is 5.66. The van der Waals surface area contributed by atoms with Crippen LogP contribution in [0.3, 0.4) is 0 Å². The normalized spacial score (nSPS) is 17.3. The number of halogens is 2. The molecule has 1 aliphatic carbocycles. The Morgan fingerprint density at radius 2 is 1.82 bits per heavy atom. The Hall–Kier alpha value is -1.91. The fourth-order valence-corrected chi connectivity index (χ4v) is 3.45. The van der Waals surface area contributed by atoms with E-state index in [0.717, 1.165) is 24.1 Å². The second-order valence-corrected chi connectivity index (χ2v) is 6.47. The third-order valence-corrected chi connectivity index (χ3v) is 4.74. The minimum Gasteiger partial charge on any atom is -0.454 e. The van der Waals surface area contributed by atoms with Crippen molar-refractivity contribution in [3.05, 3.63) is 45.9 Å². The lowest BCUT2D eigenvalue weighted by atomic mass is 9.98. The molecular weight excluding hydrogens is 323 g/mol. The molecule has 0 saturated heterocycles. The molecule has 0 aromatic heterocycles. The van der Waals surface area contributed by atoms with Gasteiger partial charge in [-0.1, -0.05) is 23.2 Å². The molecule has 0 atom stereocenters. The number of benzene rings is 2. The van der Waals surface area contributed by atoms with E-state index in [1.54, 1.807) is 18.2 Å². The maximum Gasteiger partial charge on any atom is 0.235 e. The molecule has 1 amide bonds. The molecule has 2 aliphatic rings. The van der Waals surface area contributed by atoms with E-state index in [1.165, 1.54) is 0 Å². The summed E-state index contributed by atoms with van der Waals surface area (Å²) in [5.74, 6) is 1.03. The van der Waals surface area contributed by atoms with Gasteiger partial charge in [0.2, 0.25) is 5.91 Å². The third-order valence-electron chi connectivity index (χ3n) is 4.18. The Balaban J connectivity index is 1.72. The van der Waals surface area contributed by atoms with Crippen molar-refractivity contribution >= 4 is 40.5 Å². The molecule has 1 fully saturated rings. The summed E-state index contributed by atoms with van der Waals surface area (Å²) in [5.41, 5.74) is 7.64. The Morgan fingerprint density at radius 3 is 2.45 bits per heavy atom. The highest BCUT2D eigenvalue weighted by atomic mass is 35.5.